The van der Waals surface area contributed by atoms with E-state index in [2.05, 4.69) is 35.6 Å². The predicted octanol–water partition coefficient (Wildman–Crippen LogP) is 3.47. The Morgan fingerprint density at radius 1 is 1.22 bits per heavy atom. The summed E-state index contributed by atoms with van der Waals surface area (Å²) < 4.78 is 11.8. The number of ether oxygens (including phenoxy) is 2. The van der Waals surface area contributed by atoms with Crippen molar-refractivity contribution < 1.29 is 9.47 Å². The maximum Gasteiger partial charge on any atom is 0.0991 e. The van der Waals surface area contributed by atoms with Gasteiger partial charge in [0.05, 0.1) is 28.5 Å². The van der Waals surface area contributed by atoms with E-state index in [4.69, 9.17) is 14.7 Å². The Labute approximate surface area is 122 Å². The Morgan fingerprint density at radius 2 is 1.83 bits per heavy atom. The molecule has 3 atom stereocenters. The van der Waals surface area contributed by atoms with Gasteiger partial charge in [-0.2, -0.15) is 5.26 Å². The molecular weight excluding hydrogens is 341 g/mol. The van der Waals surface area contributed by atoms with Crippen LogP contribution in [-0.4, -0.2) is 23.9 Å². The Bertz CT molecular complexity index is 399. The Hall–Kier alpha value is -0.640. The summed E-state index contributed by atoms with van der Waals surface area (Å²) in [7, 11) is 1.71. The van der Waals surface area contributed by atoms with Crippen LogP contribution in [0.4, 0.5) is 0 Å². The molecule has 0 aliphatic heterocycles. The van der Waals surface area contributed by atoms with Crippen molar-refractivity contribution in [3.8, 4) is 6.07 Å². The van der Waals surface area contributed by atoms with Crippen molar-refractivity contribution in [2.45, 2.75) is 32.0 Å². The lowest BCUT2D eigenvalue weighted by atomic mass is 9.89. The molecule has 0 fully saturated rings. The zero-order valence-corrected chi connectivity index (χ0v) is 13.0. The first-order chi connectivity index (χ1) is 8.63. The van der Waals surface area contributed by atoms with Crippen molar-refractivity contribution in [1.82, 2.24) is 0 Å². The average molecular weight is 359 g/mol. The first kappa shape index (κ1) is 15.4. The summed E-state index contributed by atoms with van der Waals surface area (Å²) in [6.07, 6.45) is 0.140. The summed E-state index contributed by atoms with van der Waals surface area (Å²) in [4.78, 5) is 0. The standard InChI is InChI=1S/C14H18INO2/c1-10(17-3)14(11(2)18-9-15)13-6-4-12(8-16)5-7-13/h4-7,10-11,14H,9H2,1-3H3. The van der Waals surface area contributed by atoms with Gasteiger partial charge in [-0.15, -0.1) is 0 Å². The quantitative estimate of drug-likeness (QED) is 0.577. The number of benzene rings is 1. The van der Waals surface area contributed by atoms with Crippen molar-refractivity contribution in [3.63, 3.8) is 0 Å². The molecule has 0 amide bonds. The van der Waals surface area contributed by atoms with Crippen LogP contribution in [0.5, 0.6) is 0 Å². The highest BCUT2D eigenvalue weighted by Gasteiger charge is 2.26. The Kier molecular flexibility index (Phi) is 6.61. The molecule has 0 bridgehead atoms. The van der Waals surface area contributed by atoms with E-state index >= 15 is 0 Å². The van der Waals surface area contributed by atoms with E-state index in [1.165, 1.54) is 0 Å². The largest absolute Gasteiger partial charge is 0.381 e. The van der Waals surface area contributed by atoms with Crippen molar-refractivity contribution >= 4 is 22.6 Å². The van der Waals surface area contributed by atoms with Gasteiger partial charge in [-0.1, -0.05) is 34.7 Å². The first-order valence-corrected chi connectivity index (χ1v) is 7.37. The average Bonchev–Trinajstić information content (AvgIpc) is 2.40. The molecule has 18 heavy (non-hydrogen) atoms. The fourth-order valence-corrected chi connectivity index (χ4v) is 2.62. The smallest absolute Gasteiger partial charge is 0.0991 e. The molecule has 1 aromatic rings. The van der Waals surface area contributed by atoms with Crippen LogP contribution in [0, 0.1) is 11.3 Å². The molecule has 3 nitrogen and oxygen atoms in total. The van der Waals surface area contributed by atoms with Gasteiger partial charge in [0, 0.05) is 13.0 Å². The van der Waals surface area contributed by atoms with Crippen LogP contribution in [0.15, 0.2) is 24.3 Å². The fraction of sp³-hybridized carbons (Fsp3) is 0.500. The van der Waals surface area contributed by atoms with Gasteiger partial charge in [0.25, 0.3) is 0 Å². The molecule has 4 heteroatoms. The van der Waals surface area contributed by atoms with Gasteiger partial charge in [0.15, 0.2) is 0 Å². The zero-order valence-electron chi connectivity index (χ0n) is 10.9. The number of rotatable bonds is 6. The van der Waals surface area contributed by atoms with E-state index in [1.807, 2.05) is 31.2 Å². The lowest BCUT2D eigenvalue weighted by Crippen LogP contribution is -2.29. The van der Waals surface area contributed by atoms with Crippen LogP contribution < -0.4 is 0 Å². The Morgan fingerprint density at radius 3 is 2.28 bits per heavy atom. The first-order valence-electron chi connectivity index (χ1n) is 5.84. The molecule has 1 aromatic carbocycles. The summed E-state index contributed by atoms with van der Waals surface area (Å²) in [6.45, 7) is 4.09. The summed E-state index contributed by atoms with van der Waals surface area (Å²) in [5.74, 6) is 0.164. The highest BCUT2D eigenvalue weighted by Crippen LogP contribution is 2.27. The van der Waals surface area contributed by atoms with Crippen molar-refractivity contribution in [3.05, 3.63) is 35.4 Å². The molecule has 0 aromatic heterocycles. The van der Waals surface area contributed by atoms with Gasteiger partial charge >= 0.3 is 0 Å². The van der Waals surface area contributed by atoms with Crippen LogP contribution in [0.1, 0.15) is 30.9 Å². The summed E-state index contributed by atoms with van der Waals surface area (Å²) in [5, 5.41) is 8.82. The second-order valence-corrected chi connectivity index (χ2v) is 4.80. The van der Waals surface area contributed by atoms with Crippen LogP contribution in [0.3, 0.4) is 0 Å². The van der Waals surface area contributed by atoms with E-state index in [0.29, 0.717) is 10.2 Å². The lowest BCUT2D eigenvalue weighted by Gasteiger charge is -2.28. The van der Waals surface area contributed by atoms with Crippen LogP contribution >= 0.6 is 22.6 Å². The fourth-order valence-electron chi connectivity index (χ4n) is 2.05. The lowest BCUT2D eigenvalue weighted by molar-refractivity contribution is 0.0142. The van der Waals surface area contributed by atoms with Crippen molar-refractivity contribution in [1.29, 1.82) is 5.26 Å². The van der Waals surface area contributed by atoms with E-state index in [1.54, 1.807) is 7.11 Å². The highest BCUT2D eigenvalue weighted by molar-refractivity contribution is 14.1. The van der Waals surface area contributed by atoms with Gasteiger partial charge in [-0.05, 0) is 31.5 Å². The second kappa shape index (κ2) is 7.72. The van der Waals surface area contributed by atoms with Crippen LogP contribution in [0.25, 0.3) is 0 Å². The summed E-state index contributed by atoms with van der Waals surface area (Å²) in [6, 6.07) is 9.75. The maximum atomic E-state index is 8.82. The highest BCUT2D eigenvalue weighted by atomic mass is 127. The van der Waals surface area contributed by atoms with Crippen LogP contribution in [0.2, 0.25) is 0 Å². The maximum absolute atomic E-state index is 8.82. The number of hydrogen-bond donors (Lipinski definition) is 0. The minimum atomic E-state index is 0.0656. The third kappa shape index (κ3) is 3.94. The minimum Gasteiger partial charge on any atom is -0.381 e. The topological polar surface area (TPSA) is 42.2 Å². The van der Waals surface area contributed by atoms with Gasteiger partial charge in [-0.25, -0.2) is 0 Å². The molecule has 0 aliphatic rings. The van der Waals surface area contributed by atoms with E-state index < -0.39 is 0 Å². The number of methoxy groups -OCH3 is 1. The van der Waals surface area contributed by atoms with Crippen molar-refractivity contribution in [2.75, 3.05) is 11.7 Å². The third-order valence-corrected chi connectivity index (χ3v) is 3.49. The van der Waals surface area contributed by atoms with E-state index in [9.17, 15) is 0 Å². The number of nitriles is 1. The molecule has 0 spiro atoms. The molecule has 3 unspecified atom stereocenters. The van der Waals surface area contributed by atoms with Crippen molar-refractivity contribution in [2.24, 2.45) is 0 Å². The number of hydrogen-bond acceptors (Lipinski definition) is 3. The minimum absolute atomic E-state index is 0.0656. The number of alkyl halides is 1. The zero-order chi connectivity index (χ0) is 13.5. The normalized spacial score (nSPS) is 15.7. The van der Waals surface area contributed by atoms with Gasteiger partial charge < -0.3 is 9.47 Å². The Balaban J connectivity index is 2.97. The molecule has 0 saturated heterocycles. The van der Waals surface area contributed by atoms with Crippen LogP contribution in [-0.2, 0) is 9.47 Å². The molecule has 0 aliphatic carbocycles. The monoisotopic (exact) mass is 359 g/mol. The molecule has 98 valence electrons. The van der Waals surface area contributed by atoms with Gasteiger partial charge in [0.1, 0.15) is 0 Å². The summed E-state index contributed by atoms with van der Waals surface area (Å²) >= 11 is 2.20. The third-order valence-electron chi connectivity index (χ3n) is 3.13. The van der Waals surface area contributed by atoms with Gasteiger partial charge in [0.2, 0.25) is 0 Å². The van der Waals surface area contributed by atoms with E-state index in [-0.39, 0.29) is 18.1 Å². The molecule has 0 N–H and O–H groups in total. The molecule has 0 radical (unpaired) electrons. The molecule has 0 heterocycles. The number of nitrogens with zero attached hydrogens (tertiary/aromatic N) is 1. The molecule has 1 rings (SSSR count). The second-order valence-electron chi connectivity index (χ2n) is 4.18. The van der Waals surface area contributed by atoms with E-state index in [0.717, 1.165) is 5.56 Å². The SMILES string of the molecule is COC(C)C(c1ccc(C#N)cc1)C(C)OCI. The number of halogens is 1. The van der Waals surface area contributed by atoms with Gasteiger partial charge in [-0.3, -0.25) is 0 Å². The predicted molar refractivity (Wildman–Crippen MR) is 79.8 cm³/mol. The summed E-state index contributed by atoms with van der Waals surface area (Å²) in [5.41, 5.74) is 1.81. The molecular formula is C14H18INO2. The molecule has 0 saturated carbocycles.